The Morgan fingerprint density at radius 2 is 1.88 bits per heavy atom. The van der Waals surface area contributed by atoms with Gasteiger partial charge in [-0.1, -0.05) is 20.8 Å². The smallest absolute Gasteiger partial charge is 0.261 e. The van der Waals surface area contributed by atoms with Gasteiger partial charge in [-0.2, -0.15) is 0 Å². The van der Waals surface area contributed by atoms with E-state index >= 15 is 0 Å². The number of carbonyl (C=O) groups excluding carboxylic acids is 1. The number of ketones is 1. The van der Waals surface area contributed by atoms with Crippen molar-refractivity contribution in [2.75, 3.05) is 0 Å². The second kappa shape index (κ2) is 3.83. The number of aromatic nitrogens is 1. The number of rotatable bonds is 2. The summed E-state index contributed by atoms with van der Waals surface area (Å²) in [5.41, 5.74) is 1.14. The molecule has 3 nitrogen and oxygen atoms in total. The zero-order chi connectivity index (χ0) is 12.8. The summed E-state index contributed by atoms with van der Waals surface area (Å²) >= 11 is 0. The minimum atomic E-state index is -0.148. The molecule has 3 heteroatoms. The van der Waals surface area contributed by atoms with Crippen LogP contribution in [0.25, 0.3) is 0 Å². The van der Waals surface area contributed by atoms with E-state index in [9.17, 15) is 9.59 Å². The second-order valence-corrected chi connectivity index (χ2v) is 5.84. The van der Waals surface area contributed by atoms with Crippen molar-refractivity contribution in [1.82, 2.24) is 4.57 Å². The van der Waals surface area contributed by atoms with E-state index in [1.54, 1.807) is 6.07 Å². The van der Waals surface area contributed by atoms with Crippen LogP contribution in [-0.4, -0.2) is 10.4 Å². The van der Waals surface area contributed by atoms with Crippen LogP contribution in [0, 0.1) is 0 Å². The van der Waals surface area contributed by atoms with Crippen LogP contribution in [0.2, 0.25) is 0 Å². The van der Waals surface area contributed by atoms with Crippen LogP contribution in [0.5, 0.6) is 0 Å². The van der Waals surface area contributed by atoms with Crippen molar-refractivity contribution in [1.29, 1.82) is 0 Å². The zero-order valence-electron chi connectivity index (χ0n) is 10.9. The van der Waals surface area contributed by atoms with Gasteiger partial charge in [-0.05, 0) is 31.9 Å². The lowest BCUT2D eigenvalue weighted by molar-refractivity contribution is 0.101. The van der Waals surface area contributed by atoms with Crippen molar-refractivity contribution in [2.45, 2.75) is 52.0 Å². The molecule has 1 heterocycles. The molecule has 0 amide bonds. The number of hydrogen-bond donors (Lipinski definition) is 0. The number of Topliss-reactive ketones (excluding diaryl/α,β-unsaturated/α-hetero) is 1. The van der Waals surface area contributed by atoms with E-state index in [0.29, 0.717) is 11.6 Å². The summed E-state index contributed by atoms with van der Waals surface area (Å²) in [6, 6.07) is 3.90. The fourth-order valence-electron chi connectivity index (χ4n) is 2.13. The minimum absolute atomic E-state index is 0.0724. The highest BCUT2D eigenvalue weighted by atomic mass is 16.1. The van der Waals surface area contributed by atoms with Gasteiger partial charge in [-0.25, -0.2) is 0 Å². The maximum absolute atomic E-state index is 12.3. The molecule has 0 unspecified atom stereocenters. The van der Waals surface area contributed by atoms with Gasteiger partial charge in [-0.3, -0.25) is 9.59 Å². The van der Waals surface area contributed by atoms with Gasteiger partial charge >= 0.3 is 0 Å². The first-order valence-corrected chi connectivity index (χ1v) is 6.09. The highest BCUT2D eigenvalue weighted by molar-refractivity contribution is 5.93. The van der Waals surface area contributed by atoms with Gasteiger partial charge < -0.3 is 4.57 Å². The molecule has 1 aromatic heterocycles. The number of pyridine rings is 1. The summed E-state index contributed by atoms with van der Waals surface area (Å²) < 4.78 is 1.83. The van der Waals surface area contributed by atoms with Crippen LogP contribution in [0.4, 0.5) is 0 Å². The normalized spacial score (nSPS) is 16.0. The molecule has 0 radical (unpaired) electrons. The Morgan fingerprint density at radius 1 is 1.29 bits per heavy atom. The molecule has 1 aromatic rings. The summed E-state index contributed by atoms with van der Waals surface area (Å²) in [4.78, 5) is 23.7. The highest BCUT2D eigenvalue weighted by Gasteiger charge is 2.31. The number of hydrogen-bond acceptors (Lipinski definition) is 2. The van der Waals surface area contributed by atoms with E-state index in [2.05, 4.69) is 20.8 Å². The first-order chi connectivity index (χ1) is 7.82. The summed E-state index contributed by atoms with van der Waals surface area (Å²) in [5, 5.41) is 0. The van der Waals surface area contributed by atoms with Gasteiger partial charge in [0, 0.05) is 17.2 Å². The van der Waals surface area contributed by atoms with Gasteiger partial charge in [0.25, 0.3) is 5.56 Å². The Kier molecular flexibility index (Phi) is 2.72. The Morgan fingerprint density at radius 3 is 2.29 bits per heavy atom. The van der Waals surface area contributed by atoms with Crippen molar-refractivity contribution in [3.63, 3.8) is 0 Å². The van der Waals surface area contributed by atoms with E-state index in [-0.39, 0.29) is 16.8 Å². The maximum atomic E-state index is 12.3. The van der Waals surface area contributed by atoms with Crippen LogP contribution in [0.1, 0.15) is 62.6 Å². The molecular formula is C14H19NO2. The summed E-state index contributed by atoms with van der Waals surface area (Å²) in [5.74, 6) is -0.148. The first-order valence-electron chi connectivity index (χ1n) is 6.09. The Bertz CT molecular complexity index is 516. The van der Waals surface area contributed by atoms with E-state index in [0.717, 1.165) is 18.5 Å². The predicted molar refractivity (Wildman–Crippen MR) is 67.7 cm³/mol. The summed E-state index contributed by atoms with van der Waals surface area (Å²) in [6.45, 7) is 7.72. The molecule has 0 spiro atoms. The van der Waals surface area contributed by atoms with Crippen LogP contribution < -0.4 is 5.56 Å². The molecule has 17 heavy (non-hydrogen) atoms. The maximum Gasteiger partial charge on any atom is 0.261 e. The van der Waals surface area contributed by atoms with Gasteiger partial charge in [0.2, 0.25) is 0 Å². The molecule has 1 saturated carbocycles. The minimum Gasteiger partial charge on any atom is -0.308 e. The lowest BCUT2D eigenvalue weighted by Gasteiger charge is -2.24. The molecule has 0 atom stereocenters. The molecule has 0 bridgehead atoms. The molecule has 1 aliphatic carbocycles. The Labute approximate surface area is 101 Å². The van der Waals surface area contributed by atoms with Crippen molar-refractivity contribution < 1.29 is 4.79 Å². The molecule has 1 fully saturated rings. The SMILES string of the molecule is CC(=O)c1ccc(C(C)(C)C)n(C2CC2)c1=O. The van der Waals surface area contributed by atoms with Crippen LogP contribution >= 0.6 is 0 Å². The van der Waals surface area contributed by atoms with E-state index in [1.165, 1.54) is 6.92 Å². The van der Waals surface area contributed by atoms with Crippen molar-refractivity contribution >= 4 is 5.78 Å². The lowest BCUT2D eigenvalue weighted by Crippen LogP contribution is -2.32. The molecule has 0 aliphatic heterocycles. The quantitative estimate of drug-likeness (QED) is 0.737. The summed E-state index contributed by atoms with van der Waals surface area (Å²) in [7, 11) is 0. The van der Waals surface area contributed by atoms with Gasteiger partial charge in [-0.15, -0.1) is 0 Å². The van der Waals surface area contributed by atoms with E-state index < -0.39 is 0 Å². The highest BCUT2D eigenvalue weighted by Crippen LogP contribution is 2.37. The molecule has 1 aliphatic rings. The lowest BCUT2D eigenvalue weighted by atomic mass is 9.90. The van der Waals surface area contributed by atoms with Crippen molar-refractivity contribution in [3.8, 4) is 0 Å². The monoisotopic (exact) mass is 233 g/mol. The van der Waals surface area contributed by atoms with Crippen LogP contribution in [-0.2, 0) is 5.41 Å². The first kappa shape index (κ1) is 12.1. The number of nitrogens with zero attached hydrogens (tertiary/aromatic N) is 1. The van der Waals surface area contributed by atoms with E-state index in [4.69, 9.17) is 0 Å². The molecule has 2 rings (SSSR count). The fourth-order valence-corrected chi connectivity index (χ4v) is 2.13. The standard InChI is InChI=1S/C14H19NO2/c1-9(16)11-7-8-12(14(2,3)4)15(13(11)17)10-5-6-10/h7-8,10H,5-6H2,1-4H3. The van der Waals surface area contributed by atoms with Crippen molar-refractivity contribution in [2.24, 2.45) is 0 Å². The Hall–Kier alpha value is -1.38. The molecule has 92 valence electrons. The van der Waals surface area contributed by atoms with Crippen LogP contribution in [0.3, 0.4) is 0 Å². The Balaban J connectivity index is 2.68. The molecule has 0 aromatic carbocycles. The third-order valence-corrected chi connectivity index (χ3v) is 3.18. The molecular weight excluding hydrogens is 214 g/mol. The zero-order valence-corrected chi connectivity index (χ0v) is 10.9. The average Bonchev–Trinajstić information content (AvgIpc) is 2.98. The van der Waals surface area contributed by atoms with Gasteiger partial charge in [0.05, 0.1) is 5.56 Å². The van der Waals surface area contributed by atoms with E-state index in [1.807, 2.05) is 10.6 Å². The van der Waals surface area contributed by atoms with Gasteiger partial charge in [0.1, 0.15) is 0 Å². The summed E-state index contributed by atoms with van der Waals surface area (Å²) in [6.07, 6.45) is 2.09. The average molecular weight is 233 g/mol. The van der Waals surface area contributed by atoms with Gasteiger partial charge in [0.15, 0.2) is 5.78 Å². The third-order valence-electron chi connectivity index (χ3n) is 3.18. The largest absolute Gasteiger partial charge is 0.308 e. The van der Waals surface area contributed by atoms with Crippen molar-refractivity contribution in [3.05, 3.63) is 33.7 Å². The topological polar surface area (TPSA) is 39.1 Å². The molecule has 0 saturated heterocycles. The van der Waals surface area contributed by atoms with Crippen LogP contribution in [0.15, 0.2) is 16.9 Å². The fraction of sp³-hybridized carbons (Fsp3) is 0.571. The third kappa shape index (κ3) is 2.19. The second-order valence-electron chi connectivity index (χ2n) is 5.84. The number of carbonyl (C=O) groups is 1. The molecule has 0 N–H and O–H groups in total. The predicted octanol–water partition coefficient (Wildman–Crippen LogP) is 2.68.